The van der Waals surface area contributed by atoms with Gasteiger partial charge in [0.15, 0.2) is 0 Å². The standard InChI is InChI=1S/C3H4O3.C3H6O3.C2H4O3/c4-3-5-1-2-6-3;1-5-3(4)6-2;1-5-2(3)4/h1-2H2;1-2H3;1H3,(H,3,4). The van der Waals surface area contributed by atoms with Crippen LogP contribution in [0.5, 0.6) is 0 Å². The van der Waals surface area contributed by atoms with Crippen molar-refractivity contribution < 1.29 is 43.2 Å². The van der Waals surface area contributed by atoms with Crippen LogP contribution in [-0.4, -0.2) is 58.1 Å². The molecule has 9 heteroatoms. The van der Waals surface area contributed by atoms with Gasteiger partial charge in [-0.3, -0.25) is 0 Å². The Hall–Kier alpha value is -2.19. The van der Waals surface area contributed by atoms with Crippen LogP contribution in [0.15, 0.2) is 0 Å². The summed E-state index contributed by atoms with van der Waals surface area (Å²) in [6.07, 6.45) is -2.45. The molecule has 1 aliphatic rings. The van der Waals surface area contributed by atoms with E-state index in [2.05, 4.69) is 23.7 Å². The number of cyclic esters (lactones) is 2. The van der Waals surface area contributed by atoms with Crippen molar-refractivity contribution >= 4 is 18.5 Å². The number of hydrogen-bond acceptors (Lipinski definition) is 8. The molecule has 17 heavy (non-hydrogen) atoms. The Labute approximate surface area is 97.1 Å². The molecular formula is C8H14O9. The monoisotopic (exact) mass is 254 g/mol. The summed E-state index contributed by atoms with van der Waals surface area (Å²) in [6, 6.07) is 0. The average molecular weight is 254 g/mol. The SMILES string of the molecule is COC(=O)O.COC(=O)OC.O=C1OCCO1. The van der Waals surface area contributed by atoms with Gasteiger partial charge >= 0.3 is 18.5 Å². The molecule has 0 aromatic heterocycles. The number of rotatable bonds is 0. The lowest BCUT2D eigenvalue weighted by molar-refractivity contribution is 0.0923. The minimum atomic E-state index is -1.25. The highest BCUT2D eigenvalue weighted by molar-refractivity contribution is 5.61. The first-order valence-electron chi connectivity index (χ1n) is 4.16. The summed E-state index contributed by atoms with van der Waals surface area (Å²) in [6.45, 7) is 0.831. The molecule has 100 valence electrons. The van der Waals surface area contributed by atoms with Crippen LogP contribution in [0.2, 0.25) is 0 Å². The Balaban J connectivity index is 0. The average Bonchev–Trinajstić information content (AvgIpc) is 2.80. The molecule has 0 atom stereocenters. The van der Waals surface area contributed by atoms with Crippen molar-refractivity contribution in [2.45, 2.75) is 0 Å². The molecular weight excluding hydrogens is 240 g/mol. The van der Waals surface area contributed by atoms with E-state index in [0.29, 0.717) is 13.2 Å². The highest BCUT2D eigenvalue weighted by atomic mass is 16.8. The van der Waals surface area contributed by atoms with Gasteiger partial charge in [-0.05, 0) is 0 Å². The largest absolute Gasteiger partial charge is 0.508 e. The summed E-state index contributed by atoms with van der Waals surface area (Å²) in [5, 5.41) is 7.50. The molecule has 1 fully saturated rings. The zero-order valence-electron chi connectivity index (χ0n) is 9.63. The molecule has 1 rings (SSSR count). The number of hydrogen-bond donors (Lipinski definition) is 1. The maximum atomic E-state index is 9.80. The van der Waals surface area contributed by atoms with Crippen LogP contribution in [0.3, 0.4) is 0 Å². The summed E-state index contributed by atoms with van der Waals surface area (Å²) in [5.41, 5.74) is 0. The van der Waals surface area contributed by atoms with Gasteiger partial charge in [-0.25, -0.2) is 14.4 Å². The minimum absolute atomic E-state index is 0.416. The fourth-order valence-corrected chi connectivity index (χ4v) is 0.375. The molecule has 0 bridgehead atoms. The van der Waals surface area contributed by atoms with Crippen molar-refractivity contribution in [3.63, 3.8) is 0 Å². The molecule has 0 saturated carbocycles. The molecule has 1 aliphatic heterocycles. The fourth-order valence-electron chi connectivity index (χ4n) is 0.375. The number of ether oxygens (including phenoxy) is 5. The van der Waals surface area contributed by atoms with Gasteiger partial charge in [0.2, 0.25) is 0 Å². The van der Waals surface area contributed by atoms with Crippen LogP contribution in [0.1, 0.15) is 0 Å². The van der Waals surface area contributed by atoms with Crippen molar-refractivity contribution in [3.05, 3.63) is 0 Å². The number of carbonyl (C=O) groups is 3. The van der Waals surface area contributed by atoms with E-state index in [4.69, 9.17) is 9.90 Å². The molecule has 1 N–H and O–H groups in total. The first-order valence-corrected chi connectivity index (χ1v) is 4.16. The van der Waals surface area contributed by atoms with E-state index < -0.39 is 18.5 Å². The van der Waals surface area contributed by atoms with E-state index in [9.17, 15) is 9.59 Å². The van der Waals surface area contributed by atoms with Crippen molar-refractivity contribution in [3.8, 4) is 0 Å². The third-order valence-electron chi connectivity index (χ3n) is 1.03. The normalized spacial score (nSPS) is 11.4. The van der Waals surface area contributed by atoms with Crippen LogP contribution < -0.4 is 0 Å². The quantitative estimate of drug-likeness (QED) is 0.495. The minimum Gasteiger partial charge on any atom is -0.450 e. The van der Waals surface area contributed by atoms with E-state index in [1.807, 2.05) is 0 Å². The molecule has 0 aromatic rings. The molecule has 0 amide bonds. The second kappa shape index (κ2) is 11.9. The third-order valence-corrected chi connectivity index (χ3v) is 1.03. The zero-order valence-corrected chi connectivity index (χ0v) is 9.63. The van der Waals surface area contributed by atoms with E-state index in [0.717, 1.165) is 7.11 Å². The summed E-state index contributed by atoms with van der Waals surface area (Å²) < 4.78 is 20.3. The van der Waals surface area contributed by atoms with Gasteiger partial charge in [0.1, 0.15) is 13.2 Å². The molecule has 0 unspecified atom stereocenters. The van der Waals surface area contributed by atoms with E-state index >= 15 is 0 Å². The van der Waals surface area contributed by atoms with Crippen LogP contribution in [-0.2, 0) is 23.7 Å². The first-order chi connectivity index (χ1) is 7.97. The van der Waals surface area contributed by atoms with Crippen molar-refractivity contribution in [2.75, 3.05) is 34.5 Å². The predicted molar refractivity (Wildman–Crippen MR) is 51.7 cm³/mol. The number of carboxylic acid groups (broad SMARTS) is 1. The molecule has 0 spiro atoms. The Kier molecular flexibility index (Phi) is 12.0. The first kappa shape index (κ1) is 17.2. The highest BCUT2D eigenvalue weighted by Gasteiger charge is 2.09. The summed E-state index contributed by atoms with van der Waals surface area (Å²) >= 11 is 0. The molecule has 0 aromatic carbocycles. The van der Waals surface area contributed by atoms with E-state index in [-0.39, 0.29) is 0 Å². The van der Waals surface area contributed by atoms with Crippen LogP contribution in [0.25, 0.3) is 0 Å². The zero-order chi connectivity index (χ0) is 13.7. The molecule has 1 heterocycles. The maximum absolute atomic E-state index is 9.80. The predicted octanol–water partition coefficient (Wildman–Crippen LogP) is 0.863. The molecule has 9 nitrogen and oxygen atoms in total. The molecule has 0 radical (unpaired) electrons. The summed E-state index contributed by atoms with van der Waals surface area (Å²) in [7, 11) is 3.61. The van der Waals surface area contributed by atoms with Gasteiger partial charge in [0, 0.05) is 0 Å². The Morgan fingerprint density at radius 3 is 1.47 bits per heavy atom. The second-order valence-corrected chi connectivity index (χ2v) is 2.08. The fraction of sp³-hybridized carbons (Fsp3) is 0.625. The maximum Gasteiger partial charge on any atom is 0.508 e. The van der Waals surface area contributed by atoms with Gasteiger partial charge in [-0.15, -0.1) is 0 Å². The van der Waals surface area contributed by atoms with Crippen molar-refractivity contribution in [2.24, 2.45) is 0 Å². The van der Waals surface area contributed by atoms with Crippen LogP contribution >= 0.6 is 0 Å². The van der Waals surface area contributed by atoms with E-state index in [1.54, 1.807) is 0 Å². The van der Waals surface area contributed by atoms with Crippen molar-refractivity contribution in [1.29, 1.82) is 0 Å². The smallest absolute Gasteiger partial charge is 0.450 e. The summed E-state index contributed by atoms with van der Waals surface area (Å²) in [4.78, 5) is 28.7. The van der Waals surface area contributed by atoms with E-state index in [1.165, 1.54) is 14.2 Å². The van der Waals surface area contributed by atoms with Gasteiger partial charge < -0.3 is 28.8 Å². The van der Waals surface area contributed by atoms with Gasteiger partial charge in [-0.2, -0.15) is 0 Å². The van der Waals surface area contributed by atoms with Crippen molar-refractivity contribution in [1.82, 2.24) is 0 Å². The Morgan fingerprint density at radius 2 is 1.41 bits per heavy atom. The lowest BCUT2D eigenvalue weighted by atomic mass is 10.8. The van der Waals surface area contributed by atoms with Gasteiger partial charge in [-0.1, -0.05) is 0 Å². The lowest BCUT2D eigenvalue weighted by Crippen LogP contribution is -1.97. The Morgan fingerprint density at radius 1 is 1.06 bits per heavy atom. The van der Waals surface area contributed by atoms with Crippen LogP contribution in [0, 0.1) is 0 Å². The molecule has 1 saturated heterocycles. The lowest BCUT2D eigenvalue weighted by Gasteiger charge is -1.89. The number of methoxy groups -OCH3 is 3. The highest BCUT2D eigenvalue weighted by Crippen LogP contribution is 1.92. The Bertz CT molecular complexity index is 221. The second-order valence-electron chi connectivity index (χ2n) is 2.08. The topological polar surface area (TPSA) is 118 Å². The van der Waals surface area contributed by atoms with Gasteiger partial charge in [0.05, 0.1) is 21.3 Å². The number of carbonyl (C=O) groups excluding carboxylic acids is 2. The molecule has 0 aliphatic carbocycles. The third kappa shape index (κ3) is 16.5. The van der Waals surface area contributed by atoms with Crippen LogP contribution in [0.4, 0.5) is 14.4 Å². The summed E-state index contributed by atoms with van der Waals surface area (Å²) in [5.74, 6) is 0. The van der Waals surface area contributed by atoms with Gasteiger partial charge in [0.25, 0.3) is 0 Å².